The van der Waals surface area contributed by atoms with Crippen molar-refractivity contribution in [3.63, 3.8) is 0 Å². The molecule has 0 aliphatic heterocycles. The smallest absolute Gasteiger partial charge is 0.311 e. The van der Waals surface area contributed by atoms with Crippen molar-refractivity contribution in [3.8, 4) is 23.0 Å². The molecule has 6 nitrogen and oxygen atoms in total. The highest BCUT2D eigenvalue weighted by atomic mass is 79.9. The second-order valence-electron chi connectivity index (χ2n) is 8.20. The first-order valence-corrected chi connectivity index (χ1v) is 12.6. The van der Waals surface area contributed by atoms with Gasteiger partial charge in [0, 0.05) is 17.0 Å². The molecule has 5 rings (SSSR count). The Bertz CT molecular complexity index is 1660. The summed E-state index contributed by atoms with van der Waals surface area (Å²) in [6.07, 6.45) is 1.86. The predicted octanol–water partition coefficient (Wildman–Crippen LogP) is 7.92. The molecule has 0 N–H and O–H groups in total. The maximum Gasteiger partial charge on any atom is 0.311 e. The van der Waals surface area contributed by atoms with Crippen molar-refractivity contribution in [1.29, 1.82) is 0 Å². The van der Waals surface area contributed by atoms with Gasteiger partial charge in [-0.3, -0.25) is 9.59 Å². The maximum absolute atomic E-state index is 12.9. The molecule has 1 aromatic heterocycles. The number of hydrogen-bond acceptors (Lipinski definition) is 6. The molecule has 0 aliphatic carbocycles. The Kier molecular flexibility index (Phi) is 7.44. The Morgan fingerprint density at radius 1 is 0.892 bits per heavy atom. The minimum Gasteiger partial charge on any atom is -0.492 e. The van der Waals surface area contributed by atoms with Crippen molar-refractivity contribution >= 4 is 55.2 Å². The lowest BCUT2D eigenvalue weighted by atomic mass is 10.1. The van der Waals surface area contributed by atoms with Crippen LogP contribution >= 0.6 is 27.5 Å². The van der Waals surface area contributed by atoms with Crippen molar-refractivity contribution < 1.29 is 23.4 Å². The lowest BCUT2D eigenvalue weighted by molar-refractivity contribution is -0.134. The number of fused-ring (bicyclic) bond motifs is 2. The lowest BCUT2D eigenvalue weighted by Gasteiger charge is -2.09. The molecule has 0 radical (unpaired) electrons. The van der Waals surface area contributed by atoms with Gasteiger partial charge in [-0.05, 0) is 59.7 Å². The summed E-state index contributed by atoms with van der Waals surface area (Å²) < 4.78 is 23.3. The summed E-state index contributed by atoms with van der Waals surface area (Å²) in [5, 5.41) is 2.88. The number of esters is 1. The van der Waals surface area contributed by atoms with E-state index in [-0.39, 0.29) is 28.9 Å². The molecule has 0 aliphatic rings. The van der Waals surface area contributed by atoms with E-state index in [1.807, 2.05) is 42.5 Å². The largest absolute Gasteiger partial charge is 0.492 e. The Morgan fingerprint density at radius 2 is 1.70 bits per heavy atom. The fourth-order valence-corrected chi connectivity index (χ4v) is 4.48. The molecule has 0 unspecified atom stereocenters. The van der Waals surface area contributed by atoms with E-state index in [1.54, 1.807) is 30.3 Å². The Hall–Kier alpha value is -3.81. The Morgan fingerprint density at radius 3 is 2.54 bits per heavy atom. The van der Waals surface area contributed by atoms with Crippen molar-refractivity contribution in [3.05, 3.63) is 105 Å². The highest BCUT2D eigenvalue weighted by Crippen LogP contribution is 2.29. The van der Waals surface area contributed by atoms with E-state index in [1.165, 1.54) is 12.3 Å². The van der Waals surface area contributed by atoms with E-state index in [0.29, 0.717) is 34.9 Å². The number of rotatable bonds is 8. The molecule has 0 spiro atoms. The maximum atomic E-state index is 12.9. The number of benzene rings is 4. The van der Waals surface area contributed by atoms with Gasteiger partial charge in [0.1, 0.15) is 29.1 Å². The van der Waals surface area contributed by atoms with Gasteiger partial charge in [-0.15, -0.1) is 0 Å². The van der Waals surface area contributed by atoms with Crippen LogP contribution in [0.1, 0.15) is 12.8 Å². The van der Waals surface area contributed by atoms with Gasteiger partial charge in [-0.1, -0.05) is 57.9 Å². The summed E-state index contributed by atoms with van der Waals surface area (Å²) in [5.41, 5.74) is -0.0367. The van der Waals surface area contributed by atoms with Crippen LogP contribution in [-0.4, -0.2) is 12.6 Å². The van der Waals surface area contributed by atoms with Crippen LogP contribution in [0, 0.1) is 0 Å². The molecular weight excluding hydrogens is 560 g/mol. The molecule has 186 valence electrons. The minimum absolute atomic E-state index is 0.0680. The van der Waals surface area contributed by atoms with Crippen molar-refractivity contribution in [2.24, 2.45) is 0 Å². The van der Waals surface area contributed by atoms with Gasteiger partial charge in [0.05, 0.1) is 17.0 Å². The van der Waals surface area contributed by atoms with Crippen LogP contribution in [0.15, 0.2) is 98.8 Å². The quantitative estimate of drug-likeness (QED) is 0.106. The molecule has 5 aromatic rings. The van der Waals surface area contributed by atoms with E-state index < -0.39 is 5.97 Å². The van der Waals surface area contributed by atoms with E-state index in [4.69, 9.17) is 30.2 Å². The monoisotopic (exact) mass is 578 g/mol. The molecule has 4 aromatic carbocycles. The average molecular weight is 580 g/mol. The number of ether oxygens (including phenoxy) is 3. The third kappa shape index (κ3) is 5.96. The van der Waals surface area contributed by atoms with Gasteiger partial charge < -0.3 is 18.6 Å². The molecule has 0 amide bonds. The highest BCUT2D eigenvalue weighted by Gasteiger charge is 2.13. The zero-order valence-electron chi connectivity index (χ0n) is 19.4. The molecule has 0 atom stereocenters. The molecule has 1 heterocycles. The van der Waals surface area contributed by atoms with Crippen LogP contribution in [-0.2, 0) is 4.79 Å². The van der Waals surface area contributed by atoms with Crippen molar-refractivity contribution in [2.75, 3.05) is 6.61 Å². The number of carbonyl (C=O) groups excluding carboxylic acids is 1. The number of carbonyl (C=O) groups is 1. The zero-order valence-corrected chi connectivity index (χ0v) is 21.8. The molecule has 8 heteroatoms. The zero-order chi connectivity index (χ0) is 25.8. The Labute approximate surface area is 225 Å². The molecule has 0 fully saturated rings. The topological polar surface area (TPSA) is 75.0 Å². The van der Waals surface area contributed by atoms with Crippen LogP contribution in [0.4, 0.5) is 0 Å². The van der Waals surface area contributed by atoms with Crippen LogP contribution in [0.3, 0.4) is 0 Å². The molecular formula is C29H20BrClO6. The first-order valence-electron chi connectivity index (χ1n) is 11.5. The number of halogens is 2. The van der Waals surface area contributed by atoms with Crippen LogP contribution in [0.25, 0.3) is 21.7 Å². The van der Waals surface area contributed by atoms with Crippen LogP contribution in [0.5, 0.6) is 23.0 Å². The van der Waals surface area contributed by atoms with Crippen LogP contribution in [0.2, 0.25) is 5.02 Å². The Balaban J connectivity index is 1.20. The van der Waals surface area contributed by atoms with E-state index in [0.717, 1.165) is 15.2 Å². The first-order chi connectivity index (χ1) is 18.0. The third-order valence-electron chi connectivity index (χ3n) is 5.57. The summed E-state index contributed by atoms with van der Waals surface area (Å²) in [4.78, 5) is 25.2. The third-order valence-corrected chi connectivity index (χ3v) is 6.36. The van der Waals surface area contributed by atoms with Gasteiger partial charge in [0.2, 0.25) is 11.2 Å². The van der Waals surface area contributed by atoms with Crippen LogP contribution < -0.4 is 19.6 Å². The standard InChI is InChI=1S/C29H20BrClO6/c30-20-8-12-25(24(31)15-20)34-13-3-6-28(32)37-22-10-11-23-26(16-22)35-17-27(29(23)33)36-21-9-7-18-4-1-2-5-19(18)14-21/h1-2,4-5,7-12,14-17H,3,6,13H2. The normalized spacial score (nSPS) is 11.0. The van der Waals surface area contributed by atoms with Gasteiger partial charge >= 0.3 is 5.97 Å². The summed E-state index contributed by atoms with van der Waals surface area (Å²) in [6, 6.07) is 23.4. The second-order valence-corrected chi connectivity index (χ2v) is 9.52. The van der Waals surface area contributed by atoms with Gasteiger partial charge in [-0.2, -0.15) is 0 Å². The molecule has 0 saturated carbocycles. The van der Waals surface area contributed by atoms with Crippen molar-refractivity contribution in [2.45, 2.75) is 12.8 Å². The summed E-state index contributed by atoms with van der Waals surface area (Å²) in [5.74, 6) is 0.997. The molecule has 0 bridgehead atoms. The summed E-state index contributed by atoms with van der Waals surface area (Å²) >= 11 is 9.46. The summed E-state index contributed by atoms with van der Waals surface area (Å²) in [6.45, 7) is 0.309. The van der Waals surface area contributed by atoms with Crippen molar-refractivity contribution in [1.82, 2.24) is 0 Å². The average Bonchev–Trinajstić information content (AvgIpc) is 2.89. The fourth-order valence-electron chi connectivity index (χ4n) is 3.76. The number of hydrogen-bond donors (Lipinski definition) is 0. The SMILES string of the molecule is O=C(CCCOc1ccc(Br)cc1Cl)Oc1ccc2c(=O)c(Oc3ccc4ccccc4c3)coc2c1. The van der Waals surface area contributed by atoms with E-state index in [9.17, 15) is 9.59 Å². The predicted molar refractivity (Wildman–Crippen MR) is 146 cm³/mol. The fraction of sp³-hybridized carbons (Fsp3) is 0.103. The van der Waals surface area contributed by atoms with Gasteiger partial charge in [-0.25, -0.2) is 0 Å². The second kappa shape index (κ2) is 11.1. The van der Waals surface area contributed by atoms with E-state index in [2.05, 4.69) is 15.9 Å². The molecule has 37 heavy (non-hydrogen) atoms. The van der Waals surface area contributed by atoms with E-state index >= 15 is 0 Å². The molecule has 0 saturated heterocycles. The first kappa shape index (κ1) is 24.9. The highest BCUT2D eigenvalue weighted by molar-refractivity contribution is 9.10. The van der Waals surface area contributed by atoms with Gasteiger partial charge in [0.15, 0.2) is 0 Å². The van der Waals surface area contributed by atoms with Gasteiger partial charge in [0.25, 0.3) is 0 Å². The lowest BCUT2D eigenvalue weighted by Crippen LogP contribution is -2.10. The summed E-state index contributed by atoms with van der Waals surface area (Å²) in [7, 11) is 0. The minimum atomic E-state index is -0.427.